The van der Waals surface area contributed by atoms with Gasteiger partial charge in [0.25, 0.3) is 0 Å². The van der Waals surface area contributed by atoms with Gasteiger partial charge in [-0.15, -0.1) is 0 Å². The van der Waals surface area contributed by atoms with Crippen molar-refractivity contribution < 1.29 is 13.7 Å². The van der Waals surface area contributed by atoms with E-state index in [2.05, 4.69) is 27.3 Å². The maximum Gasteiger partial charge on any atom is 0.240 e. The second kappa shape index (κ2) is 6.85. The van der Waals surface area contributed by atoms with Gasteiger partial charge in [-0.05, 0) is 31.2 Å². The maximum absolute atomic E-state index is 12.8. The van der Waals surface area contributed by atoms with Crippen molar-refractivity contribution in [3.8, 4) is 5.75 Å². The summed E-state index contributed by atoms with van der Waals surface area (Å²) < 4.78 is 23.6. The fourth-order valence-corrected chi connectivity index (χ4v) is 2.38. The van der Waals surface area contributed by atoms with Gasteiger partial charge in [0.15, 0.2) is 6.61 Å². The third-order valence-electron chi connectivity index (χ3n) is 3.67. The largest absolute Gasteiger partial charge is 0.485 e. The van der Waals surface area contributed by atoms with Gasteiger partial charge >= 0.3 is 0 Å². The summed E-state index contributed by atoms with van der Waals surface area (Å²) in [6.45, 7) is 5.92. The highest BCUT2D eigenvalue weighted by Crippen LogP contribution is 2.13. The van der Waals surface area contributed by atoms with Crippen LogP contribution in [0.1, 0.15) is 18.6 Å². The summed E-state index contributed by atoms with van der Waals surface area (Å²) in [4.78, 5) is 6.63. The van der Waals surface area contributed by atoms with E-state index in [9.17, 15) is 4.39 Å². The molecule has 2 aromatic rings. The van der Waals surface area contributed by atoms with Gasteiger partial charge < -0.3 is 14.6 Å². The molecule has 0 saturated carbocycles. The molecule has 6 nitrogen and oxygen atoms in total. The predicted molar refractivity (Wildman–Crippen MR) is 77.8 cm³/mol. The van der Waals surface area contributed by atoms with Crippen LogP contribution in [-0.4, -0.2) is 40.7 Å². The van der Waals surface area contributed by atoms with E-state index >= 15 is 0 Å². The van der Waals surface area contributed by atoms with Gasteiger partial charge in [0.05, 0.1) is 6.54 Å². The number of hydrogen-bond acceptors (Lipinski definition) is 6. The fraction of sp³-hybridized carbons (Fsp3) is 0.467. The minimum Gasteiger partial charge on any atom is -0.485 e. The van der Waals surface area contributed by atoms with Crippen LogP contribution in [0.4, 0.5) is 4.39 Å². The van der Waals surface area contributed by atoms with Gasteiger partial charge in [-0.25, -0.2) is 4.39 Å². The van der Waals surface area contributed by atoms with Crippen molar-refractivity contribution in [3.05, 3.63) is 41.8 Å². The van der Waals surface area contributed by atoms with Crippen molar-refractivity contribution in [2.45, 2.75) is 26.1 Å². The van der Waals surface area contributed by atoms with Crippen molar-refractivity contribution in [1.82, 2.24) is 20.4 Å². The van der Waals surface area contributed by atoms with Crippen LogP contribution in [0.25, 0.3) is 0 Å². The van der Waals surface area contributed by atoms with Gasteiger partial charge in [-0.1, -0.05) is 5.16 Å². The second-order valence-corrected chi connectivity index (χ2v) is 5.37. The summed E-state index contributed by atoms with van der Waals surface area (Å²) in [5, 5.41) is 7.25. The smallest absolute Gasteiger partial charge is 0.240 e. The third-order valence-corrected chi connectivity index (χ3v) is 3.67. The highest BCUT2D eigenvalue weighted by atomic mass is 19.1. The van der Waals surface area contributed by atoms with E-state index in [-0.39, 0.29) is 12.4 Å². The Hall–Kier alpha value is -1.99. The SMILES string of the molecule is C[C@@H]1CNCCN1Cc1nc(COc2ccc(F)cc2)no1. The van der Waals surface area contributed by atoms with Crippen molar-refractivity contribution in [2.24, 2.45) is 0 Å². The van der Waals surface area contributed by atoms with E-state index in [1.54, 1.807) is 12.1 Å². The molecule has 0 aliphatic carbocycles. The average Bonchev–Trinajstić information content (AvgIpc) is 2.97. The molecule has 1 aliphatic rings. The first-order valence-electron chi connectivity index (χ1n) is 7.35. The van der Waals surface area contributed by atoms with Crippen molar-refractivity contribution in [2.75, 3.05) is 19.6 Å². The second-order valence-electron chi connectivity index (χ2n) is 5.37. The lowest BCUT2D eigenvalue weighted by Crippen LogP contribution is -2.49. The molecule has 22 heavy (non-hydrogen) atoms. The Morgan fingerprint density at radius 2 is 2.23 bits per heavy atom. The number of nitrogens with zero attached hydrogens (tertiary/aromatic N) is 3. The Bertz CT molecular complexity index is 602. The molecule has 2 heterocycles. The van der Waals surface area contributed by atoms with Gasteiger partial charge in [-0.3, -0.25) is 4.90 Å². The summed E-state index contributed by atoms with van der Waals surface area (Å²) >= 11 is 0. The monoisotopic (exact) mass is 306 g/mol. The minimum atomic E-state index is -0.292. The highest BCUT2D eigenvalue weighted by Gasteiger charge is 2.20. The molecule has 1 atom stereocenters. The van der Waals surface area contributed by atoms with Crippen molar-refractivity contribution in [1.29, 1.82) is 0 Å². The molecule has 1 N–H and O–H groups in total. The zero-order valence-electron chi connectivity index (χ0n) is 12.5. The molecule has 1 saturated heterocycles. The lowest BCUT2D eigenvalue weighted by molar-refractivity contribution is 0.146. The summed E-state index contributed by atoms with van der Waals surface area (Å²) in [6.07, 6.45) is 0. The molecule has 1 fully saturated rings. The predicted octanol–water partition coefficient (Wildman–Crippen LogP) is 1.58. The number of nitrogens with one attached hydrogen (secondary N) is 1. The lowest BCUT2D eigenvalue weighted by Gasteiger charge is -2.32. The molecule has 0 radical (unpaired) electrons. The van der Waals surface area contributed by atoms with Crippen LogP contribution >= 0.6 is 0 Å². The zero-order chi connectivity index (χ0) is 15.4. The quantitative estimate of drug-likeness (QED) is 0.905. The Kier molecular flexibility index (Phi) is 4.65. The summed E-state index contributed by atoms with van der Waals surface area (Å²) in [5.41, 5.74) is 0. The van der Waals surface area contributed by atoms with E-state index in [0.717, 1.165) is 19.6 Å². The van der Waals surface area contributed by atoms with Crippen LogP contribution in [0.2, 0.25) is 0 Å². The van der Waals surface area contributed by atoms with Crippen molar-refractivity contribution in [3.63, 3.8) is 0 Å². The van der Waals surface area contributed by atoms with E-state index in [4.69, 9.17) is 9.26 Å². The molecule has 7 heteroatoms. The van der Waals surface area contributed by atoms with Crippen LogP contribution in [0, 0.1) is 5.82 Å². The molecule has 1 aromatic carbocycles. The van der Waals surface area contributed by atoms with E-state index in [0.29, 0.717) is 30.1 Å². The number of halogens is 1. The van der Waals surface area contributed by atoms with E-state index in [1.807, 2.05) is 0 Å². The standard InChI is InChI=1S/C15H19FN4O2/c1-11-8-17-6-7-20(11)9-15-18-14(19-22-15)10-21-13-4-2-12(16)3-5-13/h2-5,11,17H,6-10H2,1H3/t11-/m1/s1. The minimum absolute atomic E-state index is 0.201. The van der Waals surface area contributed by atoms with Crippen LogP contribution in [0.3, 0.4) is 0 Å². The molecule has 0 unspecified atom stereocenters. The molecular weight excluding hydrogens is 287 g/mol. The van der Waals surface area contributed by atoms with Gasteiger partial charge in [0.2, 0.25) is 11.7 Å². The van der Waals surface area contributed by atoms with Crippen LogP contribution in [0.5, 0.6) is 5.75 Å². The van der Waals surface area contributed by atoms with Crippen LogP contribution < -0.4 is 10.1 Å². The van der Waals surface area contributed by atoms with Gasteiger partial charge in [-0.2, -0.15) is 4.98 Å². The first kappa shape index (κ1) is 14.9. The number of aromatic nitrogens is 2. The topological polar surface area (TPSA) is 63.4 Å². The molecular formula is C15H19FN4O2. The maximum atomic E-state index is 12.8. The molecule has 1 aliphatic heterocycles. The Morgan fingerprint density at radius 3 is 3.00 bits per heavy atom. The summed E-state index contributed by atoms with van der Waals surface area (Å²) in [7, 11) is 0. The molecule has 0 spiro atoms. The average molecular weight is 306 g/mol. The molecule has 1 aromatic heterocycles. The van der Waals surface area contributed by atoms with Crippen LogP contribution in [-0.2, 0) is 13.2 Å². The molecule has 118 valence electrons. The zero-order valence-corrected chi connectivity index (χ0v) is 12.5. The number of ether oxygens (including phenoxy) is 1. The first-order valence-corrected chi connectivity index (χ1v) is 7.35. The molecule has 0 bridgehead atoms. The van der Waals surface area contributed by atoms with E-state index < -0.39 is 0 Å². The normalized spacial score (nSPS) is 19.3. The van der Waals surface area contributed by atoms with E-state index in [1.165, 1.54) is 12.1 Å². The number of piperazine rings is 1. The third kappa shape index (κ3) is 3.80. The van der Waals surface area contributed by atoms with Gasteiger partial charge in [0, 0.05) is 25.7 Å². The Morgan fingerprint density at radius 1 is 1.41 bits per heavy atom. The first-order chi connectivity index (χ1) is 10.7. The number of hydrogen-bond donors (Lipinski definition) is 1. The van der Waals surface area contributed by atoms with Gasteiger partial charge in [0.1, 0.15) is 11.6 Å². The Labute approximate surface area is 128 Å². The number of rotatable bonds is 5. The lowest BCUT2D eigenvalue weighted by atomic mass is 10.2. The Balaban J connectivity index is 1.53. The number of benzene rings is 1. The summed E-state index contributed by atoms with van der Waals surface area (Å²) in [6, 6.07) is 6.28. The van der Waals surface area contributed by atoms with Crippen LogP contribution in [0.15, 0.2) is 28.8 Å². The van der Waals surface area contributed by atoms with Crippen molar-refractivity contribution >= 4 is 0 Å². The highest BCUT2D eigenvalue weighted by molar-refractivity contribution is 5.22. The summed E-state index contributed by atoms with van der Waals surface area (Å²) in [5.74, 6) is 1.36. The molecule has 0 amide bonds. The fourth-order valence-electron chi connectivity index (χ4n) is 2.38. The molecule has 3 rings (SSSR count).